The topological polar surface area (TPSA) is 77.1 Å². The van der Waals surface area contributed by atoms with Gasteiger partial charge in [-0.2, -0.15) is 5.10 Å². The molecule has 1 amide bonds. The number of aromatic nitrogens is 2. The van der Waals surface area contributed by atoms with Gasteiger partial charge in [0, 0.05) is 36.7 Å². The van der Waals surface area contributed by atoms with Gasteiger partial charge >= 0.3 is 5.63 Å². The zero-order valence-corrected chi connectivity index (χ0v) is 13.9. The van der Waals surface area contributed by atoms with Crippen LogP contribution in [-0.4, -0.2) is 15.7 Å². The van der Waals surface area contributed by atoms with E-state index >= 15 is 0 Å². The molecule has 2 aromatic heterocycles. The third-order valence-corrected chi connectivity index (χ3v) is 4.03. The van der Waals surface area contributed by atoms with E-state index in [1.165, 1.54) is 0 Å². The van der Waals surface area contributed by atoms with E-state index in [1.807, 2.05) is 32.0 Å². The lowest BCUT2D eigenvalue weighted by Crippen LogP contribution is -2.17. The Balaban J connectivity index is 1.78. The number of carbonyl (C=O) groups is 1. The summed E-state index contributed by atoms with van der Waals surface area (Å²) in [5, 5.41) is 7.71. The molecule has 0 unspecified atom stereocenters. The van der Waals surface area contributed by atoms with Gasteiger partial charge in [0.05, 0.1) is 0 Å². The highest BCUT2D eigenvalue weighted by molar-refractivity contribution is 5.90. The predicted molar refractivity (Wildman–Crippen MR) is 92.1 cm³/mol. The van der Waals surface area contributed by atoms with Gasteiger partial charge < -0.3 is 9.73 Å². The van der Waals surface area contributed by atoms with Gasteiger partial charge in [-0.1, -0.05) is 12.1 Å². The molecule has 0 aliphatic heterocycles. The summed E-state index contributed by atoms with van der Waals surface area (Å²) in [6.07, 6.45) is 2.27. The first-order valence-electron chi connectivity index (χ1n) is 7.76. The summed E-state index contributed by atoms with van der Waals surface area (Å²) in [6, 6.07) is 7.49. The Morgan fingerprint density at radius 1 is 1.29 bits per heavy atom. The number of carbonyl (C=O) groups excluding carboxylic acids is 1. The fourth-order valence-electron chi connectivity index (χ4n) is 2.72. The Morgan fingerprint density at radius 2 is 2.08 bits per heavy atom. The largest absolute Gasteiger partial charge is 0.423 e. The second-order valence-corrected chi connectivity index (χ2v) is 5.92. The third-order valence-electron chi connectivity index (χ3n) is 4.03. The number of fused-ring (bicyclic) bond motifs is 1. The first kappa shape index (κ1) is 16.0. The van der Waals surface area contributed by atoms with E-state index in [0.29, 0.717) is 23.4 Å². The number of anilines is 1. The maximum absolute atomic E-state index is 12.2. The Bertz CT molecular complexity index is 969. The molecule has 0 saturated heterocycles. The molecule has 0 aliphatic rings. The molecule has 3 rings (SSSR count). The van der Waals surface area contributed by atoms with Gasteiger partial charge in [-0.25, -0.2) is 4.79 Å². The van der Waals surface area contributed by atoms with E-state index in [1.54, 1.807) is 24.0 Å². The van der Waals surface area contributed by atoms with Crippen molar-refractivity contribution in [3.63, 3.8) is 0 Å². The van der Waals surface area contributed by atoms with Crippen LogP contribution in [-0.2, 0) is 18.3 Å². The third kappa shape index (κ3) is 3.22. The second kappa shape index (κ2) is 6.31. The monoisotopic (exact) mass is 325 g/mol. The van der Waals surface area contributed by atoms with Crippen LogP contribution in [0.5, 0.6) is 0 Å². The van der Waals surface area contributed by atoms with Crippen LogP contribution < -0.4 is 10.9 Å². The summed E-state index contributed by atoms with van der Waals surface area (Å²) in [4.78, 5) is 24.3. The maximum atomic E-state index is 12.2. The summed E-state index contributed by atoms with van der Waals surface area (Å²) in [7, 11) is 1.78. The Labute approximate surface area is 139 Å². The quantitative estimate of drug-likeness (QED) is 0.748. The minimum atomic E-state index is -0.378. The molecule has 124 valence electrons. The van der Waals surface area contributed by atoms with Crippen molar-refractivity contribution >= 4 is 22.7 Å². The SMILES string of the molecule is Cc1ccc2c(C)c(CCC(=O)Nc3ccn(C)n3)c(=O)oc2c1. The van der Waals surface area contributed by atoms with Crippen molar-refractivity contribution < 1.29 is 9.21 Å². The molecule has 3 aromatic rings. The molecule has 0 radical (unpaired) electrons. The van der Waals surface area contributed by atoms with Crippen LogP contribution in [0.2, 0.25) is 0 Å². The Hall–Kier alpha value is -2.89. The number of hydrogen-bond donors (Lipinski definition) is 1. The van der Waals surface area contributed by atoms with E-state index in [-0.39, 0.29) is 18.0 Å². The lowest BCUT2D eigenvalue weighted by atomic mass is 10.0. The molecule has 0 fully saturated rings. The number of aryl methyl sites for hydroxylation is 3. The molecule has 1 aromatic carbocycles. The van der Waals surface area contributed by atoms with Crippen LogP contribution in [0.1, 0.15) is 23.1 Å². The molecule has 24 heavy (non-hydrogen) atoms. The van der Waals surface area contributed by atoms with Gasteiger partial charge in [0.2, 0.25) is 5.91 Å². The van der Waals surface area contributed by atoms with Crippen LogP contribution >= 0.6 is 0 Å². The van der Waals surface area contributed by atoms with Gasteiger partial charge in [-0.15, -0.1) is 0 Å². The first-order valence-corrected chi connectivity index (χ1v) is 7.76. The van der Waals surface area contributed by atoms with E-state index in [2.05, 4.69) is 10.4 Å². The fourth-order valence-corrected chi connectivity index (χ4v) is 2.72. The highest BCUT2D eigenvalue weighted by atomic mass is 16.4. The maximum Gasteiger partial charge on any atom is 0.339 e. The number of amides is 1. The number of rotatable bonds is 4. The number of nitrogens with zero attached hydrogens (tertiary/aromatic N) is 2. The average molecular weight is 325 g/mol. The molecular formula is C18H19N3O3. The normalized spacial score (nSPS) is 11.0. The Morgan fingerprint density at radius 3 is 2.79 bits per heavy atom. The van der Waals surface area contributed by atoms with Crippen LogP contribution in [0.4, 0.5) is 5.82 Å². The molecular weight excluding hydrogens is 306 g/mol. The molecule has 1 N–H and O–H groups in total. The van der Waals surface area contributed by atoms with Crippen molar-refractivity contribution in [1.82, 2.24) is 9.78 Å². The second-order valence-electron chi connectivity index (χ2n) is 5.92. The van der Waals surface area contributed by atoms with Crippen molar-refractivity contribution in [2.45, 2.75) is 26.7 Å². The highest BCUT2D eigenvalue weighted by Crippen LogP contribution is 2.21. The van der Waals surface area contributed by atoms with E-state index < -0.39 is 0 Å². The highest BCUT2D eigenvalue weighted by Gasteiger charge is 2.13. The van der Waals surface area contributed by atoms with Crippen LogP contribution in [0, 0.1) is 13.8 Å². The first-order chi connectivity index (χ1) is 11.4. The number of hydrogen-bond acceptors (Lipinski definition) is 4. The van der Waals surface area contributed by atoms with Crippen molar-refractivity contribution in [3.05, 3.63) is 57.6 Å². The lowest BCUT2D eigenvalue weighted by Gasteiger charge is -2.08. The molecule has 6 heteroatoms. The molecule has 0 spiro atoms. The van der Waals surface area contributed by atoms with Gasteiger partial charge in [-0.3, -0.25) is 9.48 Å². The molecule has 6 nitrogen and oxygen atoms in total. The lowest BCUT2D eigenvalue weighted by molar-refractivity contribution is -0.116. The summed E-state index contributed by atoms with van der Waals surface area (Å²) in [6.45, 7) is 3.84. The van der Waals surface area contributed by atoms with E-state index in [9.17, 15) is 9.59 Å². The zero-order valence-electron chi connectivity index (χ0n) is 13.9. The summed E-state index contributed by atoms with van der Waals surface area (Å²) in [5.41, 5.74) is 2.65. The molecule has 0 atom stereocenters. The van der Waals surface area contributed by atoms with Crippen molar-refractivity contribution in [2.75, 3.05) is 5.32 Å². The fraction of sp³-hybridized carbons (Fsp3) is 0.278. The molecule has 0 saturated carbocycles. The van der Waals surface area contributed by atoms with Crippen LogP contribution in [0.3, 0.4) is 0 Å². The van der Waals surface area contributed by atoms with Gasteiger partial charge in [-0.05, 0) is 37.5 Å². The minimum Gasteiger partial charge on any atom is -0.423 e. The van der Waals surface area contributed by atoms with Crippen LogP contribution in [0.25, 0.3) is 11.0 Å². The number of benzene rings is 1. The summed E-state index contributed by atoms with van der Waals surface area (Å²) >= 11 is 0. The van der Waals surface area contributed by atoms with Crippen molar-refractivity contribution in [1.29, 1.82) is 0 Å². The summed E-state index contributed by atoms with van der Waals surface area (Å²) < 4.78 is 7.02. The van der Waals surface area contributed by atoms with E-state index in [0.717, 1.165) is 16.5 Å². The van der Waals surface area contributed by atoms with Crippen molar-refractivity contribution in [3.8, 4) is 0 Å². The van der Waals surface area contributed by atoms with Gasteiger partial charge in [0.1, 0.15) is 5.58 Å². The minimum absolute atomic E-state index is 0.184. The smallest absolute Gasteiger partial charge is 0.339 e. The Kier molecular flexibility index (Phi) is 4.20. The molecule has 2 heterocycles. The van der Waals surface area contributed by atoms with Crippen molar-refractivity contribution in [2.24, 2.45) is 7.05 Å². The number of nitrogens with one attached hydrogen (secondary N) is 1. The summed E-state index contributed by atoms with van der Waals surface area (Å²) in [5.74, 6) is 0.316. The molecule has 0 bridgehead atoms. The van der Waals surface area contributed by atoms with Gasteiger partial charge in [0.25, 0.3) is 0 Å². The average Bonchev–Trinajstić information content (AvgIpc) is 2.91. The van der Waals surface area contributed by atoms with Gasteiger partial charge in [0.15, 0.2) is 5.82 Å². The zero-order chi connectivity index (χ0) is 17.3. The predicted octanol–water partition coefficient (Wildman–Crippen LogP) is 2.71. The van der Waals surface area contributed by atoms with E-state index in [4.69, 9.17) is 4.42 Å². The standard InChI is InChI=1S/C18H19N3O3/c1-11-4-5-13-12(2)14(18(23)24-15(13)10-11)6-7-17(22)19-16-8-9-21(3)20-16/h4-5,8-10H,6-7H2,1-3H3,(H,19,20,22). The van der Waals surface area contributed by atoms with Crippen LogP contribution in [0.15, 0.2) is 39.7 Å². The molecule has 0 aliphatic carbocycles.